The molecule has 0 aromatic heterocycles. The van der Waals surface area contributed by atoms with E-state index >= 15 is 0 Å². The predicted octanol–water partition coefficient (Wildman–Crippen LogP) is 1.24. The van der Waals surface area contributed by atoms with Crippen molar-refractivity contribution in [2.45, 2.75) is 44.7 Å². The molecular weight excluding hydrogens is 188 g/mol. The largest absolute Gasteiger partial charge is 0.378 e. The Balaban J connectivity index is 1.68. The van der Waals surface area contributed by atoms with Gasteiger partial charge in [0, 0.05) is 6.04 Å². The van der Waals surface area contributed by atoms with Crippen LogP contribution in [0.4, 0.5) is 0 Å². The molecule has 0 aromatic rings. The Morgan fingerprint density at radius 2 is 2.07 bits per heavy atom. The van der Waals surface area contributed by atoms with Gasteiger partial charge in [0.15, 0.2) is 0 Å². The molecule has 3 nitrogen and oxygen atoms in total. The molecule has 0 aliphatic carbocycles. The molecule has 1 unspecified atom stereocenters. The predicted molar refractivity (Wildman–Crippen MR) is 62.1 cm³/mol. The van der Waals surface area contributed by atoms with E-state index in [4.69, 9.17) is 4.74 Å². The van der Waals surface area contributed by atoms with Gasteiger partial charge < -0.3 is 15.0 Å². The van der Waals surface area contributed by atoms with E-state index in [-0.39, 0.29) is 0 Å². The number of ether oxygens (including phenoxy) is 1. The second kappa shape index (κ2) is 5.83. The third-order valence-electron chi connectivity index (χ3n) is 3.47. The third-order valence-corrected chi connectivity index (χ3v) is 3.47. The van der Waals surface area contributed by atoms with E-state index in [2.05, 4.69) is 17.1 Å². The van der Waals surface area contributed by atoms with Gasteiger partial charge in [-0.1, -0.05) is 6.92 Å². The van der Waals surface area contributed by atoms with Crippen LogP contribution >= 0.6 is 0 Å². The number of nitrogens with zero attached hydrogens (tertiary/aromatic N) is 1. The lowest BCUT2D eigenvalue weighted by molar-refractivity contribution is -0.0107. The van der Waals surface area contributed by atoms with Gasteiger partial charge in [-0.25, -0.2) is 0 Å². The summed E-state index contributed by atoms with van der Waals surface area (Å²) in [6.07, 6.45) is 5.30. The lowest BCUT2D eigenvalue weighted by atomic mass is 10.1. The zero-order chi connectivity index (χ0) is 10.5. The number of rotatable bonds is 4. The first-order valence-electron chi connectivity index (χ1n) is 6.44. The summed E-state index contributed by atoms with van der Waals surface area (Å²) < 4.78 is 5.19. The number of nitrogens with one attached hydrogen (secondary N) is 1. The monoisotopic (exact) mass is 212 g/mol. The van der Waals surface area contributed by atoms with Crippen molar-refractivity contribution in [3.05, 3.63) is 0 Å². The van der Waals surface area contributed by atoms with Gasteiger partial charge in [-0.2, -0.15) is 0 Å². The molecule has 0 saturated carbocycles. The molecule has 15 heavy (non-hydrogen) atoms. The van der Waals surface area contributed by atoms with Gasteiger partial charge in [-0.15, -0.1) is 0 Å². The van der Waals surface area contributed by atoms with Crippen LogP contribution in [0.25, 0.3) is 0 Å². The van der Waals surface area contributed by atoms with Crippen molar-refractivity contribution in [1.29, 1.82) is 0 Å². The fraction of sp³-hybridized carbons (Fsp3) is 1.00. The van der Waals surface area contributed by atoms with Crippen LogP contribution in [0.2, 0.25) is 0 Å². The minimum Gasteiger partial charge on any atom is -0.378 e. The van der Waals surface area contributed by atoms with Crippen molar-refractivity contribution >= 4 is 0 Å². The zero-order valence-corrected chi connectivity index (χ0v) is 9.87. The van der Waals surface area contributed by atoms with E-state index in [0.29, 0.717) is 6.04 Å². The van der Waals surface area contributed by atoms with Crippen LogP contribution in [-0.2, 0) is 4.74 Å². The van der Waals surface area contributed by atoms with Crippen molar-refractivity contribution in [2.24, 2.45) is 0 Å². The first-order chi connectivity index (χ1) is 7.38. The van der Waals surface area contributed by atoms with Gasteiger partial charge >= 0.3 is 0 Å². The molecule has 88 valence electrons. The van der Waals surface area contributed by atoms with Crippen LogP contribution in [0.5, 0.6) is 0 Å². The molecule has 0 amide bonds. The summed E-state index contributed by atoms with van der Waals surface area (Å²) in [5.74, 6) is 0. The molecule has 0 spiro atoms. The topological polar surface area (TPSA) is 24.5 Å². The molecule has 3 heteroatoms. The van der Waals surface area contributed by atoms with Crippen LogP contribution < -0.4 is 5.32 Å². The highest BCUT2D eigenvalue weighted by atomic mass is 16.5. The smallest absolute Gasteiger partial charge is 0.0643 e. The quantitative estimate of drug-likeness (QED) is 0.759. The molecule has 2 aliphatic heterocycles. The maximum atomic E-state index is 5.19. The maximum absolute atomic E-state index is 5.19. The highest BCUT2D eigenvalue weighted by Gasteiger charge is 2.23. The third kappa shape index (κ3) is 3.44. The van der Waals surface area contributed by atoms with E-state index in [9.17, 15) is 0 Å². The van der Waals surface area contributed by atoms with Gasteiger partial charge in [-0.3, -0.25) is 0 Å². The Morgan fingerprint density at radius 3 is 2.73 bits per heavy atom. The van der Waals surface area contributed by atoms with Crippen LogP contribution in [0.15, 0.2) is 0 Å². The molecule has 1 atom stereocenters. The Hall–Kier alpha value is -0.120. The highest BCUT2D eigenvalue weighted by Crippen LogP contribution is 2.13. The maximum Gasteiger partial charge on any atom is 0.0643 e. The van der Waals surface area contributed by atoms with Crippen molar-refractivity contribution in [2.75, 3.05) is 32.8 Å². The summed E-state index contributed by atoms with van der Waals surface area (Å²) in [6, 6.07) is 1.38. The summed E-state index contributed by atoms with van der Waals surface area (Å²) in [5.41, 5.74) is 0. The zero-order valence-electron chi connectivity index (χ0n) is 9.87. The first kappa shape index (κ1) is 11.4. The van der Waals surface area contributed by atoms with Crippen molar-refractivity contribution < 1.29 is 4.74 Å². The van der Waals surface area contributed by atoms with Gasteiger partial charge in [0.25, 0.3) is 0 Å². The second-order valence-electron chi connectivity index (χ2n) is 4.87. The van der Waals surface area contributed by atoms with Crippen LogP contribution in [-0.4, -0.2) is 49.8 Å². The first-order valence-corrected chi connectivity index (χ1v) is 6.44. The lowest BCUT2D eigenvalue weighted by Crippen LogP contribution is -2.50. The van der Waals surface area contributed by atoms with Gasteiger partial charge in [0.05, 0.1) is 19.3 Å². The lowest BCUT2D eigenvalue weighted by Gasteiger charge is -2.31. The minimum absolute atomic E-state index is 0.646. The van der Waals surface area contributed by atoms with Crippen molar-refractivity contribution in [3.63, 3.8) is 0 Å². The second-order valence-corrected chi connectivity index (χ2v) is 4.87. The minimum atomic E-state index is 0.646. The number of hydrogen-bond acceptors (Lipinski definition) is 3. The van der Waals surface area contributed by atoms with E-state index in [0.717, 1.165) is 19.3 Å². The van der Waals surface area contributed by atoms with Gasteiger partial charge in [-0.05, 0) is 45.3 Å². The number of hydrogen-bond donors (Lipinski definition) is 1. The molecule has 1 N–H and O–H groups in total. The molecule has 2 fully saturated rings. The SMILES string of the molecule is CCCN1CCCC(NC2COC2)CC1. The van der Waals surface area contributed by atoms with Crippen molar-refractivity contribution in [3.8, 4) is 0 Å². The van der Waals surface area contributed by atoms with Crippen LogP contribution in [0.1, 0.15) is 32.6 Å². The molecule has 2 heterocycles. The average Bonchev–Trinajstić information content (AvgIpc) is 2.38. The van der Waals surface area contributed by atoms with E-state index in [1.807, 2.05) is 0 Å². The molecular formula is C12H24N2O. The van der Waals surface area contributed by atoms with E-state index < -0.39 is 0 Å². The summed E-state index contributed by atoms with van der Waals surface area (Å²) in [6.45, 7) is 7.97. The van der Waals surface area contributed by atoms with Gasteiger partial charge in [0.2, 0.25) is 0 Å². The van der Waals surface area contributed by atoms with Gasteiger partial charge in [0.1, 0.15) is 0 Å². The molecule has 0 bridgehead atoms. The Labute approximate surface area is 93.2 Å². The average molecular weight is 212 g/mol. The summed E-state index contributed by atoms with van der Waals surface area (Å²) in [7, 11) is 0. The van der Waals surface area contributed by atoms with Crippen molar-refractivity contribution in [1.82, 2.24) is 10.2 Å². The Bertz CT molecular complexity index is 182. The molecule has 2 saturated heterocycles. The standard InChI is InChI=1S/C12H24N2O/c1-2-6-14-7-3-4-11(5-8-14)13-12-9-15-10-12/h11-13H,2-10H2,1H3. The van der Waals surface area contributed by atoms with Crippen LogP contribution in [0.3, 0.4) is 0 Å². The summed E-state index contributed by atoms with van der Waals surface area (Å²) in [4.78, 5) is 2.61. The van der Waals surface area contributed by atoms with Crippen LogP contribution in [0, 0.1) is 0 Å². The van der Waals surface area contributed by atoms with E-state index in [1.165, 1.54) is 45.3 Å². The highest BCUT2D eigenvalue weighted by molar-refractivity contribution is 4.81. The number of likely N-dealkylation sites (tertiary alicyclic amines) is 1. The molecule has 2 rings (SSSR count). The summed E-state index contributed by atoms with van der Waals surface area (Å²) >= 11 is 0. The summed E-state index contributed by atoms with van der Waals surface area (Å²) in [5, 5.41) is 3.71. The Morgan fingerprint density at radius 1 is 1.20 bits per heavy atom. The normalized spacial score (nSPS) is 29.8. The fourth-order valence-electron chi connectivity index (χ4n) is 2.53. The fourth-order valence-corrected chi connectivity index (χ4v) is 2.53. The molecule has 0 aromatic carbocycles. The van der Waals surface area contributed by atoms with E-state index in [1.54, 1.807) is 0 Å². The molecule has 0 radical (unpaired) electrons. The Kier molecular flexibility index (Phi) is 4.42. The molecule has 2 aliphatic rings.